The quantitative estimate of drug-likeness (QED) is 0.783. The molecule has 0 aliphatic heterocycles. The van der Waals surface area contributed by atoms with E-state index in [9.17, 15) is 10.2 Å². The second-order valence-electron chi connectivity index (χ2n) is 2.55. The van der Waals surface area contributed by atoms with Crippen LogP contribution in [0.15, 0.2) is 24.3 Å². The van der Waals surface area contributed by atoms with E-state index in [4.69, 9.17) is 0 Å². The lowest BCUT2D eigenvalue weighted by Gasteiger charge is -2.10. The summed E-state index contributed by atoms with van der Waals surface area (Å²) in [5, 5.41) is 19.6. The van der Waals surface area contributed by atoms with Crippen molar-refractivity contribution in [3.8, 4) is 5.75 Å². The van der Waals surface area contributed by atoms with Crippen LogP contribution < -0.4 is 0 Å². The molecule has 12 heavy (non-hydrogen) atoms. The SMILES string of the molecule is Oc1ccccc1C(O)CCBr. The van der Waals surface area contributed by atoms with Gasteiger partial charge in [0.1, 0.15) is 5.75 Å². The van der Waals surface area contributed by atoms with Crippen molar-refractivity contribution >= 4 is 15.9 Å². The van der Waals surface area contributed by atoms with Crippen LogP contribution in [-0.2, 0) is 0 Å². The molecule has 1 atom stereocenters. The molecule has 0 aliphatic rings. The molecule has 0 amide bonds. The fraction of sp³-hybridized carbons (Fsp3) is 0.333. The van der Waals surface area contributed by atoms with Gasteiger partial charge in [-0.25, -0.2) is 0 Å². The maximum absolute atomic E-state index is 9.51. The fourth-order valence-electron chi connectivity index (χ4n) is 1.03. The largest absolute Gasteiger partial charge is 0.508 e. The van der Waals surface area contributed by atoms with Gasteiger partial charge in [-0.2, -0.15) is 0 Å². The zero-order valence-corrected chi connectivity index (χ0v) is 8.16. The summed E-state index contributed by atoms with van der Waals surface area (Å²) in [7, 11) is 0. The first-order chi connectivity index (χ1) is 5.75. The zero-order valence-electron chi connectivity index (χ0n) is 6.57. The predicted molar refractivity (Wildman–Crippen MR) is 51.5 cm³/mol. The number of phenolic OH excluding ortho intramolecular Hbond substituents is 1. The van der Waals surface area contributed by atoms with E-state index in [1.54, 1.807) is 24.3 Å². The Bertz CT molecular complexity index is 250. The van der Waals surface area contributed by atoms with Crippen LogP contribution in [0.5, 0.6) is 5.75 Å². The van der Waals surface area contributed by atoms with E-state index in [-0.39, 0.29) is 5.75 Å². The number of aromatic hydroxyl groups is 1. The molecule has 0 heterocycles. The van der Waals surface area contributed by atoms with Gasteiger partial charge in [-0.15, -0.1) is 0 Å². The highest BCUT2D eigenvalue weighted by atomic mass is 79.9. The van der Waals surface area contributed by atoms with Gasteiger partial charge < -0.3 is 10.2 Å². The first kappa shape index (κ1) is 9.55. The molecule has 1 aromatic carbocycles. The number of aliphatic hydroxyl groups excluding tert-OH is 1. The Kier molecular flexibility index (Phi) is 3.56. The van der Waals surface area contributed by atoms with E-state index in [0.29, 0.717) is 12.0 Å². The highest BCUT2D eigenvalue weighted by Crippen LogP contribution is 2.25. The number of hydrogen-bond donors (Lipinski definition) is 2. The zero-order chi connectivity index (χ0) is 8.97. The van der Waals surface area contributed by atoms with Crippen LogP contribution in [0.1, 0.15) is 18.1 Å². The Morgan fingerprint density at radius 1 is 1.33 bits per heavy atom. The number of aliphatic hydroxyl groups is 1. The van der Waals surface area contributed by atoms with Crippen LogP contribution >= 0.6 is 15.9 Å². The summed E-state index contributed by atoms with van der Waals surface area (Å²) < 4.78 is 0. The Labute approximate surface area is 80.0 Å². The minimum atomic E-state index is -0.578. The number of para-hydroxylation sites is 1. The molecular weight excluding hydrogens is 220 g/mol. The van der Waals surface area contributed by atoms with Crippen molar-refractivity contribution in [1.29, 1.82) is 0 Å². The van der Waals surface area contributed by atoms with Crippen LogP contribution in [0.25, 0.3) is 0 Å². The van der Waals surface area contributed by atoms with Gasteiger partial charge in [0.25, 0.3) is 0 Å². The summed E-state index contributed by atoms with van der Waals surface area (Å²) in [5.74, 6) is 0.158. The molecule has 3 heteroatoms. The van der Waals surface area contributed by atoms with Gasteiger partial charge in [0.2, 0.25) is 0 Å². The Morgan fingerprint density at radius 3 is 2.58 bits per heavy atom. The van der Waals surface area contributed by atoms with Crippen LogP contribution in [-0.4, -0.2) is 15.5 Å². The topological polar surface area (TPSA) is 40.5 Å². The van der Waals surface area contributed by atoms with Gasteiger partial charge in [0.05, 0.1) is 6.10 Å². The second kappa shape index (κ2) is 4.48. The first-order valence-electron chi connectivity index (χ1n) is 3.77. The molecule has 1 aromatic rings. The van der Waals surface area contributed by atoms with Crippen molar-refractivity contribution in [2.24, 2.45) is 0 Å². The Morgan fingerprint density at radius 2 is 2.00 bits per heavy atom. The molecular formula is C9H11BrO2. The van der Waals surface area contributed by atoms with E-state index in [2.05, 4.69) is 15.9 Å². The van der Waals surface area contributed by atoms with Crippen molar-refractivity contribution in [1.82, 2.24) is 0 Å². The van der Waals surface area contributed by atoms with Crippen LogP contribution in [0.3, 0.4) is 0 Å². The molecule has 0 saturated carbocycles. The van der Waals surface area contributed by atoms with Crippen molar-refractivity contribution in [3.05, 3.63) is 29.8 Å². The highest BCUT2D eigenvalue weighted by Gasteiger charge is 2.09. The van der Waals surface area contributed by atoms with Gasteiger partial charge in [0, 0.05) is 10.9 Å². The number of halogens is 1. The number of hydrogen-bond acceptors (Lipinski definition) is 2. The van der Waals surface area contributed by atoms with Crippen molar-refractivity contribution in [3.63, 3.8) is 0 Å². The third-order valence-electron chi connectivity index (χ3n) is 1.68. The van der Waals surface area contributed by atoms with Gasteiger partial charge in [-0.05, 0) is 12.5 Å². The summed E-state index contributed by atoms with van der Waals surface area (Å²) in [4.78, 5) is 0. The molecule has 0 aliphatic carbocycles. The molecule has 0 bridgehead atoms. The monoisotopic (exact) mass is 230 g/mol. The van der Waals surface area contributed by atoms with E-state index in [1.807, 2.05) is 0 Å². The highest BCUT2D eigenvalue weighted by molar-refractivity contribution is 9.09. The number of alkyl halides is 1. The lowest BCUT2D eigenvalue weighted by atomic mass is 10.1. The maximum Gasteiger partial charge on any atom is 0.121 e. The molecule has 0 fully saturated rings. The minimum Gasteiger partial charge on any atom is -0.508 e. The molecule has 0 aromatic heterocycles. The lowest BCUT2D eigenvalue weighted by molar-refractivity contribution is 0.171. The standard InChI is InChI=1S/C9H11BrO2/c10-6-5-9(12)7-3-1-2-4-8(7)11/h1-4,9,11-12H,5-6H2. The van der Waals surface area contributed by atoms with E-state index in [0.717, 1.165) is 5.33 Å². The van der Waals surface area contributed by atoms with E-state index in [1.165, 1.54) is 0 Å². The Balaban J connectivity index is 2.79. The van der Waals surface area contributed by atoms with E-state index < -0.39 is 6.10 Å². The molecule has 0 saturated heterocycles. The smallest absolute Gasteiger partial charge is 0.121 e. The summed E-state index contributed by atoms with van der Waals surface area (Å²) in [6.07, 6.45) is 0.0305. The van der Waals surface area contributed by atoms with Crippen molar-refractivity contribution in [2.75, 3.05) is 5.33 Å². The summed E-state index contributed by atoms with van der Waals surface area (Å²) >= 11 is 3.23. The fourth-order valence-corrected chi connectivity index (χ4v) is 1.46. The van der Waals surface area contributed by atoms with Crippen molar-refractivity contribution in [2.45, 2.75) is 12.5 Å². The minimum absolute atomic E-state index is 0.158. The maximum atomic E-state index is 9.51. The molecule has 0 radical (unpaired) electrons. The number of phenols is 1. The lowest BCUT2D eigenvalue weighted by Crippen LogP contribution is -1.97. The van der Waals surface area contributed by atoms with E-state index >= 15 is 0 Å². The first-order valence-corrected chi connectivity index (χ1v) is 4.89. The molecule has 0 spiro atoms. The normalized spacial score (nSPS) is 12.8. The summed E-state index contributed by atoms with van der Waals surface area (Å²) in [6.45, 7) is 0. The predicted octanol–water partition coefficient (Wildman–Crippen LogP) is 2.21. The molecule has 1 rings (SSSR count). The van der Waals surface area contributed by atoms with Crippen molar-refractivity contribution < 1.29 is 10.2 Å². The van der Waals surface area contributed by atoms with Crippen LogP contribution in [0, 0.1) is 0 Å². The van der Waals surface area contributed by atoms with Crippen LogP contribution in [0.4, 0.5) is 0 Å². The Hall–Kier alpha value is -0.540. The van der Waals surface area contributed by atoms with Gasteiger partial charge in [0.15, 0.2) is 0 Å². The number of benzene rings is 1. The average molecular weight is 231 g/mol. The van der Waals surface area contributed by atoms with Gasteiger partial charge in [-0.3, -0.25) is 0 Å². The summed E-state index contributed by atoms with van der Waals surface area (Å²) in [5.41, 5.74) is 0.594. The number of rotatable bonds is 3. The van der Waals surface area contributed by atoms with Gasteiger partial charge in [-0.1, -0.05) is 34.1 Å². The molecule has 1 unspecified atom stereocenters. The average Bonchev–Trinajstić information content (AvgIpc) is 2.05. The summed E-state index contributed by atoms with van der Waals surface area (Å²) in [6, 6.07) is 6.83. The molecule has 2 nitrogen and oxygen atoms in total. The van der Waals surface area contributed by atoms with Crippen LogP contribution in [0.2, 0.25) is 0 Å². The third kappa shape index (κ3) is 2.22. The molecule has 2 N–H and O–H groups in total. The van der Waals surface area contributed by atoms with Gasteiger partial charge >= 0.3 is 0 Å². The molecule has 66 valence electrons. The second-order valence-corrected chi connectivity index (χ2v) is 3.35. The third-order valence-corrected chi connectivity index (χ3v) is 2.14.